The van der Waals surface area contributed by atoms with Gasteiger partial charge in [0.2, 0.25) is 11.9 Å². The molecular weight excluding hydrogens is 605 g/mol. The number of hydrogen-bond acceptors (Lipinski definition) is 8. The van der Waals surface area contributed by atoms with Crippen LogP contribution in [0.5, 0.6) is 11.5 Å². The number of fused-ring (bicyclic) bond motifs is 1. The summed E-state index contributed by atoms with van der Waals surface area (Å²) in [5.74, 6) is 0.933. The SMILES string of the molecule is O=C(CC1CN(c2cc(C(F)(F)F)nc(-n3ccnc3)n2)CCN1C(=O)NC1CCCCC1)NCCC1COc2ccccc2O1. The molecule has 0 radical (unpaired) electrons. The highest BCUT2D eigenvalue weighted by Gasteiger charge is 2.37. The molecule has 246 valence electrons. The number of ether oxygens (including phenoxy) is 2. The van der Waals surface area contributed by atoms with E-state index in [1.165, 1.54) is 23.3 Å². The number of rotatable bonds is 8. The standard InChI is InChI=1S/C31H37F3N8O4/c32-31(33,34)26-17-27(39-29(38-26)41-13-12-35-20-41)40-14-15-42(30(44)37-21-6-2-1-3-7-21)22(18-40)16-28(43)36-11-10-23-19-45-24-8-4-5-9-25(24)46-23/h4-5,8-9,12-13,17,20-23H,1-3,6-7,10-11,14-16,18-19H2,(H,36,43)(H,37,44). The Morgan fingerprint density at radius 2 is 1.85 bits per heavy atom. The lowest BCUT2D eigenvalue weighted by Crippen LogP contribution is -2.60. The number of nitrogens with zero attached hydrogens (tertiary/aromatic N) is 6. The van der Waals surface area contributed by atoms with Gasteiger partial charge in [-0.25, -0.2) is 14.8 Å². The Morgan fingerprint density at radius 3 is 2.61 bits per heavy atom. The van der Waals surface area contributed by atoms with Gasteiger partial charge >= 0.3 is 12.2 Å². The highest BCUT2D eigenvalue weighted by atomic mass is 19.4. The molecule has 3 amide bonds. The number of imidazole rings is 1. The molecule has 15 heteroatoms. The van der Waals surface area contributed by atoms with Gasteiger partial charge in [0.1, 0.15) is 24.9 Å². The van der Waals surface area contributed by atoms with Crippen LogP contribution in [0.25, 0.3) is 5.95 Å². The van der Waals surface area contributed by atoms with E-state index in [4.69, 9.17) is 9.47 Å². The van der Waals surface area contributed by atoms with Crippen molar-refractivity contribution < 1.29 is 32.2 Å². The maximum atomic E-state index is 13.9. The van der Waals surface area contributed by atoms with Gasteiger partial charge in [0.25, 0.3) is 0 Å². The van der Waals surface area contributed by atoms with Crippen LogP contribution in [0.1, 0.15) is 50.6 Å². The van der Waals surface area contributed by atoms with Crippen molar-refractivity contribution in [2.75, 3.05) is 37.7 Å². The minimum absolute atomic E-state index is 0.0367. The third-order valence-corrected chi connectivity index (χ3v) is 8.50. The average molecular weight is 643 g/mol. The Labute approximate surface area is 264 Å². The molecule has 46 heavy (non-hydrogen) atoms. The predicted molar refractivity (Wildman–Crippen MR) is 161 cm³/mol. The first-order valence-electron chi connectivity index (χ1n) is 15.6. The maximum absolute atomic E-state index is 13.9. The molecular formula is C31H37F3N8O4. The number of hydrogen-bond donors (Lipinski definition) is 2. The highest BCUT2D eigenvalue weighted by Crippen LogP contribution is 2.32. The van der Waals surface area contributed by atoms with Gasteiger partial charge in [0.05, 0.1) is 6.04 Å². The second kappa shape index (κ2) is 13.8. The normalized spacial score (nSPS) is 20.3. The zero-order chi connectivity index (χ0) is 32.1. The molecule has 6 rings (SSSR count). The Morgan fingerprint density at radius 1 is 1.04 bits per heavy atom. The van der Waals surface area contributed by atoms with Gasteiger partial charge in [-0.1, -0.05) is 31.4 Å². The summed E-state index contributed by atoms with van der Waals surface area (Å²) >= 11 is 0. The van der Waals surface area contributed by atoms with Crippen LogP contribution < -0.4 is 25.0 Å². The average Bonchev–Trinajstić information content (AvgIpc) is 3.60. The van der Waals surface area contributed by atoms with Gasteiger partial charge in [-0.2, -0.15) is 18.2 Å². The van der Waals surface area contributed by atoms with Crippen molar-refractivity contribution in [2.24, 2.45) is 0 Å². The second-order valence-corrected chi connectivity index (χ2v) is 11.8. The molecule has 1 aromatic carbocycles. The van der Waals surface area contributed by atoms with Crippen molar-refractivity contribution >= 4 is 17.8 Å². The van der Waals surface area contributed by atoms with Crippen molar-refractivity contribution in [1.82, 2.24) is 35.1 Å². The number of aromatic nitrogens is 4. The number of carbonyl (C=O) groups excluding carboxylic acids is 2. The summed E-state index contributed by atoms with van der Waals surface area (Å²) in [5, 5.41) is 6.04. The minimum atomic E-state index is -4.71. The molecule has 2 aliphatic heterocycles. The van der Waals surface area contributed by atoms with Gasteiger partial charge in [-0.15, -0.1) is 0 Å². The number of para-hydroxylation sites is 2. The molecule has 0 bridgehead atoms. The fraction of sp³-hybridized carbons (Fsp3) is 0.516. The molecule has 2 aromatic heterocycles. The lowest BCUT2D eigenvalue weighted by molar-refractivity contribution is -0.141. The second-order valence-electron chi connectivity index (χ2n) is 11.8. The van der Waals surface area contributed by atoms with E-state index in [2.05, 4.69) is 25.6 Å². The van der Waals surface area contributed by atoms with E-state index in [-0.39, 0.29) is 61.9 Å². The van der Waals surface area contributed by atoms with Crippen LogP contribution in [-0.2, 0) is 11.0 Å². The summed E-state index contributed by atoms with van der Waals surface area (Å²) in [5.41, 5.74) is -1.09. The molecule has 0 spiro atoms. The summed E-state index contributed by atoms with van der Waals surface area (Å²) in [7, 11) is 0. The van der Waals surface area contributed by atoms with Crippen LogP contribution >= 0.6 is 0 Å². The van der Waals surface area contributed by atoms with Crippen LogP contribution in [0.4, 0.5) is 23.8 Å². The fourth-order valence-corrected chi connectivity index (χ4v) is 6.10. The number of halogens is 3. The number of carbonyl (C=O) groups is 2. The number of amides is 3. The smallest absolute Gasteiger partial charge is 0.433 e. The molecule has 1 saturated heterocycles. The number of piperazine rings is 1. The maximum Gasteiger partial charge on any atom is 0.433 e. The number of benzene rings is 1. The third-order valence-electron chi connectivity index (χ3n) is 8.50. The Hall–Kier alpha value is -4.56. The Bertz CT molecular complexity index is 1500. The first-order valence-corrected chi connectivity index (χ1v) is 15.6. The minimum Gasteiger partial charge on any atom is -0.486 e. The molecule has 3 aliphatic rings. The zero-order valence-electron chi connectivity index (χ0n) is 25.3. The summed E-state index contributed by atoms with van der Waals surface area (Å²) in [6, 6.07) is 7.47. The fourth-order valence-electron chi connectivity index (χ4n) is 6.10. The third kappa shape index (κ3) is 7.62. The number of nitrogens with one attached hydrogen (secondary N) is 2. The van der Waals surface area contributed by atoms with Crippen LogP contribution in [0.3, 0.4) is 0 Å². The van der Waals surface area contributed by atoms with E-state index >= 15 is 0 Å². The molecule has 1 saturated carbocycles. The van der Waals surface area contributed by atoms with Crippen molar-refractivity contribution in [3.8, 4) is 17.4 Å². The lowest BCUT2D eigenvalue weighted by Gasteiger charge is -2.42. The number of alkyl halides is 3. The quantitative estimate of drug-likeness (QED) is 0.379. The van der Waals surface area contributed by atoms with E-state index in [1.54, 1.807) is 9.80 Å². The van der Waals surface area contributed by atoms with Crippen molar-refractivity contribution in [3.05, 3.63) is 54.7 Å². The monoisotopic (exact) mass is 642 g/mol. The van der Waals surface area contributed by atoms with Crippen molar-refractivity contribution in [1.29, 1.82) is 0 Å². The summed E-state index contributed by atoms with van der Waals surface area (Å²) in [4.78, 5) is 42.0. The first kappa shape index (κ1) is 31.4. The summed E-state index contributed by atoms with van der Waals surface area (Å²) < 4.78 is 54.6. The number of urea groups is 1. The molecule has 2 fully saturated rings. The van der Waals surface area contributed by atoms with Gasteiger partial charge in [0, 0.05) is 63.5 Å². The van der Waals surface area contributed by atoms with Crippen molar-refractivity contribution in [3.63, 3.8) is 0 Å². The Balaban J connectivity index is 1.14. The largest absolute Gasteiger partial charge is 0.486 e. The van der Waals surface area contributed by atoms with Crippen molar-refractivity contribution in [2.45, 2.75) is 69.3 Å². The van der Waals surface area contributed by atoms with Gasteiger partial charge in [-0.3, -0.25) is 9.36 Å². The van der Waals surface area contributed by atoms with Crippen LogP contribution in [-0.4, -0.2) is 87.3 Å². The van der Waals surface area contributed by atoms with E-state index < -0.39 is 17.9 Å². The molecule has 2 atom stereocenters. The van der Waals surface area contributed by atoms with E-state index in [1.807, 2.05) is 24.3 Å². The van der Waals surface area contributed by atoms with E-state index in [0.717, 1.165) is 38.2 Å². The number of anilines is 1. The summed E-state index contributed by atoms with van der Waals surface area (Å²) in [6.45, 7) is 1.23. The highest BCUT2D eigenvalue weighted by molar-refractivity contribution is 5.79. The molecule has 2 N–H and O–H groups in total. The van der Waals surface area contributed by atoms with Gasteiger partial charge in [-0.05, 0) is 25.0 Å². The first-order chi connectivity index (χ1) is 22.2. The van der Waals surface area contributed by atoms with E-state index in [9.17, 15) is 22.8 Å². The van der Waals surface area contributed by atoms with Gasteiger partial charge in [0.15, 0.2) is 17.2 Å². The van der Waals surface area contributed by atoms with Gasteiger partial charge < -0.3 is 29.9 Å². The van der Waals surface area contributed by atoms with Crippen LogP contribution in [0.2, 0.25) is 0 Å². The molecule has 1 aliphatic carbocycles. The summed E-state index contributed by atoms with van der Waals surface area (Å²) in [6.07, 6.45) is 4.76. The topological polar surface area (TPSA) is 127 Å². The van der Waals surface area contributed by atoms with E-state index in [0.29, 0.717) is 31.1 Å². The predicted octanol–water partition coefficient (Wildman–Crippen LogP) is 3.95. The molecule has 12 nitrogen and oxygen atoms in total. The molecule has 3 aromatic rings. The molecule has 2 unspecified atom stereocenters. The van der Waals surface area contributed by atoms with Crippen LogP contribution in [0.15, 0.2) is 49.1 Å². The molecule has 4 heterocycles. The zero-order valence-corrected chi connectivity index (χ0v) is 25.3. The van der Waals surface area contributed by atoms with Crippen LogP contribution in [0, 0.1) is 0 Å². The lowest BCUT2D eigenvalue weighted by atomic mass is 9.95. The Kier molecular flexibility index (Phi) is 9.45.